The molecule has 0 amide bonds. The Balaban J connectivity index is 1.76. The van der Waals surface area contributed by atoms with Gasteiger partial charge in [-0.05, 0) is 38.0 Å². The maximum Gasteiger partial charge on any atom is 0.0522 e. The van der Waals surface area contributed by atoms with Gasteiger partial charge in [0, 0.05) is 30.6 Å². The molecule has 96 valence electrons. The van der Waals surface area contributed by atoms with E-state index in [1.54, 1.807) is 0 Å². The van der Waals surface area contributed by atoms with Crippen LogP contribution in [0.15, 0.2) is 12.3 Å². The summed E-state index contributed by atoms with van der Waals surface area (Å²) in [6.07, 6.45) is 5.94. The van der Waals surface area contributed by atoms with Crippen LogP contribution in [0.3, 0.4) is 0 Å². The van der Waals surface area contributed by atoms with Crippen LogP contribution in [0.5, 0.6) is 0 Å². The average molecular weight is 253 g/mol. The van der Waals surface area contributed by atoms with Gasteiger partial charge in [0.05, 0.1) is 5.69 Å². The summed E-state index contributed by atoms with van der Waals surface area (Å²) in [6, 6.07) is 2.82. The van der Waals surface area contributed by atoms with Crippen LogP contribution in [0, 0.1) is 0 Å². The standard InChI is InChI=1S/C13H23N3S/c1-3-16-12(7-8-15-16)10-14-11-5-6-13(9-11)17-4-2/h7-8,11,13-14H,3-6,9-10H2,1-2H3. The van der Waals surface area contributed by atoms with E-state index in [0.717, 1.165) is 18.3 Å². The van der Waals surface area contributed by atoms with Crippen LogP contribution in [-0.4, -0.2) is 26.8 Å². The van der Waals surface area contributed by atoms with Crippen LogP contribution in [0.4, 0.5) is 0 Å². The highest BCUT2D eigenvalue weighted by Gasteiger charge is 2.24. The van der Waals surface area contributed by atoms with Crippen molar-refractivity contribution in [2.45, 2.75) is 57.5 Å². The smallest absolute Gasteiger partial charge is 0.0522 e. The van der Waals surface area contributed by atoms with Crippen LogP contribution >= 0.6 is 11.8 Å². The maximum absolute atomic E-state index is 4.30. The summed E-state index contributed by atoms with van der Waals surface area (Å²) in [4.78, 5) is 0. The fourth-order valence-corrected chi connectivity index (χ4v) is 3.70. The van der Waals surface area contributed by atoms with Crippen molar-refractivity contribution < 1.29 is 0 Å². The Hall–Kier alpha value is -0.480. The maximum atomic E-state index is 4.30. The van der Waals surface area contributed by atoms with E-state index >= 15 is 0 Å². The van der Waals surface area contributed by atoms with Gasteiger partial charge in [-0.1, -0.05) is 6.92 Å². The minimum atomic E-state index is 0.708. The summed E-state index contributed by atoms with van der Waals surface area (Å²) in [5.41, 5.74) is 1.30. The summed E-state index contributed by atoms with van der Waals surface area (Å²) in [6.45, 7) is 6.32. The molecule has 1 heterocycles. The monoisotopic (exact) mass is 253 g/mol. The van der Waals surface area contributed by atoms with Crippen LogP contribution < -0.4 is 5.32 Å². The van der Waals surface area contributed by atoms with Gasteiger partial charge in [-0.3, -0.25) is 4.68 Å². The van der Waals surface area contributed by atoms with Crippen LogP contribution in [0.1, 0.15) is 38.8 Å². The fourth-order valence-electron chi connectivity index (χ4n) is 2.56. The van der Waals surface area contributed by atoms with E-state index in [9.17, 15) is 0 Å². The molecule has 1 aliphatic rings. The Morgan fingerprint density at radius 1 is 1.47 bits per heavy atom. The first kappa shape index (κ1) is 13.0. The first-order chi connectivity index (χ1) is 8.33. The van der Waals surface area contributed by atoms with Gasteiger partial charge in [0.1, 0.15) is 0 Å². The van der Waals surface area contributed by atoms with Gasteiger partial charge in [-0.2, -0.15) is 16.9 Å². The molecule has 2 atom stereocenters. The molecule has 0 bridgehead atoms. The number of aromatic nitrogens is 2. The second kappa shape index (κ2) is 6.45. The van der Waals surface area contributed by atoms with E-state index < -0.39 is 0 Å². The quantitative estimate of drug-likeness (QED) is 0.845. The summed E-state index contributed by atoms with van der Waals surface area (Å²) in [5.74, 6) is 1.25. The van der Waals surface area contributed by atoms with Crippen molar-refractivity contribution >= 4 is 11.8 Å². The highest BCUT2D eigenvalue weighted by Crippen LogP contribution is 2.29. The zero-order valence-corrected chi connectivity index (χ0v) is 11.7. The lowest BCUT2D eigenvalue weighted by Gasteiger charge is -2.13. The zero-order valence-electron chi connectivity index (χ0n) is 10.9. The van der Waals surface area contributed by atoms with Gasteiger partial charge in [-0.25, -0.2) is 0 Å². The predicted octanol–water partition coefficient (Wildman–Crippen LogP) is 2.67. The summed E-state index contributed by atoms with van der Waals surface area (Å²) in [7, 11) is 0. The number of rotatable bonds is 6. The molecule has 4 heteroatoms. The second-order valence-electron chi connectivity index (χ2n) is 4.61. The Morgan fingerprint density at radius 2 is 2.35 bits per heavy atom. The van der Waals surface area contributed by atoms with Crippen molar-refractivity contribution in [2.75, 3.05) is 5.75 Å². The molecule has 1 aromatic rings. The second-order valence-corrected chi connectivity index (χ2v) is 6.18. The number of hydrogen-bond acceptors (Lipinski definition) is 3. The molecule has 1 aliphatic carbocycles. The van der Waals surface area contributed by atoms with Crippen LogP contribution in [0.2, 0.25) is 0 Å². The Morgan fingerprint density at radius 3 is 3.12 bits per heavy atom. The molecule has 0 radical (unpaired) electrons. The third kappa shape index (κ3) is 3.49. The molecule has 0 aromatic carbocycles. The van der Waals surface area contributed by atoms with E-state index in [-0.39, 0.29) is 0 Å². The van der Waals surface area contributed by atoms with Gasteiger partial charge in [-0.15, -0.1) is 0 Å². The largest absolute Gasteiger partial charge is 0.308 e. The number of nitrogens with zero attached hydrogens (tertiary/aromatic N) is 2. The van der Waals surface area contributed by atoms with Gasteiger partial charge >= 0.3 is 0 Å². The Labute approximate surface area is 108 Å². The van der Waals surface area contributed by atoms with Gasteiger partial charge in [0.15, 0.2) is 0 Å². The lowest BCUT2D eigenvalue weighted by molar-refractivity contribution is 0.499. The Kier molecular flexibility index (Phi) is 4.92. The number of aryl methyl sites for hydroxylation is 1. The van der Waals surface area contributed by atoms with E-state index in [2.05, 4.69) is 46.8 Å². The summed E-state index contributed by atoms with van der Waals surface area (Å²) in [5, 5.41) is 8.85. The van der Waals surface area contributed by atoms with Crippen molar-refractivity contribution in [3.05, 3.63) is 18.0 Å². The first-order valence-electron chi connectivity index (χ1n) is 6.69. The minimum absolute atomic E-state index is 0.708. The van der Waals surface area contributed by atoms with Gasteiger partial charge < -0.3 is 5.32 Å². The molecule has 0 spiro atoms. The van der Waals surface area contributed by atoms with E-state index in [1.165, 1.54) is 30.7 Å². The number of thioether (sulfide) groups is 1. The molecule has 1 saturated carbocycles. The molecule has 2 unspecified atom stereocenters. The van der Waals surface area contributed by atoms with Crippen molar-refractivity contribution in [3.8, 4) is 0 Å². The average Bonchev–Trinajstić information content (AvgIpc) is 2.95. The molecule has 1 N–H and O–H groups in total. The normalized spacial score (nSPS) is 24.4. The summed E-state index contributed by atoms with van der Waals surface area (Å²) >= 11 is 2.12. The topological polar surface area (TPSA) is 29.9 Å². The molecular weight excluding hydrogens is 230 g/mol. The van der Waals surface area contributed by atoms with Crippen molar-refractivity contribution in [1.82, 2.24) is 15.1 Å². The lowest BCUT2D eigenvalue weighted by atomic mass is 10.2. The van der Waals surface area contributed by atoms with E-state index in [0.29, 0.717) is 6.04 Å². The third-order valence-electron chi connectivity index (χ3n) is 3.46. The fraction of sp³-hybridized carbons (Fsp3) is 0.769. The summed E-state index contributed by atoms with van der Waals surface area (Å²) < 4.78 is 2.07. The molecule has 1 fully saturated rings. The molecule has 0 aliphatic heterocycles. The van der Waals surface area contributed by atoms with Crippen LogP contribution in [0.25, 0.3) is 0 Å². The molecule has 1 aromatic heterocycles. The minimum Gasteiger partial charge on any atom is -0.308 e. The highest BCUT2D eigenvalue weighted by molar-refractivity contribution is 7.99. The molecule has 2 rings (SSSR count). The molecule has 17 heavy (non-hydrogen) atoms. The lowest BCUT2D eigenvalue weighted by Crippen LogP contribution is -2.27. The van der Waals surface area contributed by atoms with Crippen molar-refractivity contribution in [3.63, 3.8) is 0 Å². The van der Waals surface area contributed by atoms with E-state index in [1.807, 2.05) is 6.20 Å². The number of nitrogens with one attached hydrogen (secondary N) is 1. The zero-order chi connectivity index (χ0) is 12.1. The third-order valence-corrected chi connectivity index (χ3v) is 4.70. The van der Waals surface area contributed by atoms with Crippen molar-refractivity contribution in [2.24, 2.45) is 0 Å². The van der Waals surface area contributed by atoms with Gasteiger partial charge in [0.25, 0.3) is 0 Å². The Bertz CT molecular complexity index is 337. The molecule has 0 saturated heterocycles. The van der Waals surface area contributed by atoms with E-state index in [4.69, 9.17) is 0 Å². The molecule has 3 nitrogen and oxygen atoms in total. The van der Waals surface area contributed by atoms with Gasteiger partial charge in [0.2, 0.25) is 0 Å². The first-order valence-corrected chi connectivity index (χ1v) is 7.74. The highest BCUT2D eigenvalue weighted by atomic mass is 32.2. The van der Waals surface area contributed by atoms with Crippen molar-refractivity contribution in [1.29, 1.82) is 0 Å². The van der Waals surface area contributed by atoms with Crippen LogP contribution in [-0.2, 0) is 13.1 Å². The molecular formula is C13H23N3S. The number of hydrogen-bond donors (Lipinski definition) is 1. The SMILES string of the molecule is CCSC1CCC(NCc2ccnn2CC)C1. The predicted molar refractivity (Wildman–Crippen MR) is 74.3 cm³/mol.